The molecule has 0 aliphatic carbocycles. The molecular formula is C24H32F3N5O2. The van der Waals surface area contributed by atoms with Crippen molar-refractivity contribution in [2.75, 3.05) is 39.3 Å². The van der Waals surface area contributed by atoms with Gasteiger partial charge in [-0.15, -0.1) is 0 Å². The van der Waals surface area contributed by atoms with Crippen LogP contribution >= 0.6 is 0 Å². The molecule has 0 bridgehead atoms. The highest BCUT2D eigenvalue weighted by atomic mass is 19.4. The number of aromatic nitrogens is 2. The minimum atomic E-state index is -4.43. The first-order valence-corrected chi connectivity index (χ1v) is 11.9. The minimum absolute atomic E-state index is 0.140. The standard InChI is InChI=1S/C24H32F3N5O2/c1-16-7-9-32(10-8-16)23(33)18(3)31-13-11-30(12-14-31)17(2)22-28-21(29-34-22)19-5-4-6-20(15-19)24(25,26)27/h4-6,15-18H,7-14H2,1-3H3. The number of hydrogen-bond donors (Lipinski definition) is 0. The van der Waals surface area contributed by atoms with Crippen LogP contribution in [0.4, 0.5) is 13.2 Å². The van der Waals surface area contributed by atoms with Crippen molar-refractivity contribution in [1.29, 1.82) is 0 Å². The van der Waals surface area contributed by atoms with Crippen LogP contribution in [0.15, 0.2) is 28.8 Å². The average molecular weight is 480 g/mol. The zero-order chi connectivity index (χ0) is 24.5. The second-order valence-corrected chi connectivity index (χ2v) is 9.47. The third-order valence-electron chi connectivity index (χ3n) is 7.14. The zero-order valence-electron chi connectivity index (χ0n) is 19.9. The van der Waals surface area contributed by atoms with E-state index in [0.717, 1.165) is 64.2 Å². The third kappa shape index (κ3) is 5.43. The van der Waals surface area contributed by atoms with Gasteiger partial charge in [0.05, 0.1) is 17.6 Å². The SMILES string of the molecule is CC1CCN(C(=O)C(C)N2CCN(C(C)c3nc(-c4cccc(C(F)(F)F)c4)no3)CC2)CC1. The Hall–Kier alpha value is -2.46. The van der Waals surface area contributed by atoms with Crippen molar-refractivity contribution in [3.8, 4) is 11.4 Å². The van der Waals surface area contributed by atoms with E-state index in [0.29, 0.717) is 11.8 Å². The molecule has 3 heterocycles. The van der Waals surface area contributed by atoms with Crippen molar-refractivity contribution in [2.24, 2.45) is 5.92 Å². The van der Waals surface area contributed by atoms with Crippen LogP contribution in [-0.2, 0) is 11.0 Å². The van der Waals surface area contributed by atoms with Crippen LogP contribution in [0, 0.1) is 5.92 Å². The van der Waals surface area contributed by atoms with E-state index in [1.807, 2.05) is 18.7 Å². The topological polar surface area (TPSA) is 65.7 Å². The van der Waals surface area contributed by atoms with Crippen LogP contribution in [0.1, 0.15) is 51.1 Å². The van der Waals surface area contributed by atoms with Gasteiger partial charge >= 0.3 is 6.18 Å². The van der Waals surface area contributed by atoms with Gasteiger partial charge in [0.2, 0.25) is 17.6 Å². The van der Waals surface area contributed by atoms with Gasteiger partial charge in [0, 0.05) is 44.8 Å². The van der Waals surface area contributed by atoms with Crippen molar-refractivity contribution in [2.45, 2.75) is 51.9 Å². The number of nitrogens with zero attached hydrogens (tertiary/aromatic N) is 5. The van der Waals surface area contributed by atoms with E-state index in [2.05, 4.69) is 26.9 Å². The van der Waals surface area contributed by atoms with E-state index in [1.165, 1.54) is 12.1 Å². The monoisotopic (exact) mass is 479 g/mol. The number of piperazine rings is 1. The molecule has 0 radical (unpaired) electrons. The Morgan fingerprint density at radius 1 is 1.06 bits per heavy atom. The van der Waals surface area contributed by atoms with Crippen LogP contribution in [0.2, 0.25) is 0 Å². The summed E-state index contributed by atoms with van der Waals surface area (Å²) >= 11 is 0. The molecule has 2 fully saturated rings. The van der Waals surface area contributed by atoms with Crippen molar-refractivity contribution in [3.63, 3.8) is 0 Å². The predicted octanol–water partition coefficient (Wildman–Crippen LogP) is 4.08. The molecular weight excluding hydrogens is 447 g/mol. The summed E-state index contributed by atoms with van der Waals surface area (Å²) in [6.07, 6.45) is -2.30. The predicted molar refractivity (Wildman–Crippen MR) is 121 cm³/mol. The lowest BCUT2D eigenvalue weighted by Gasteiger charge is -2.41. The molecule has 10 heteroatoms. The summed E-state index contributed by atoms with van der Waals surface area (Å²) in [5, 5.41) is 3.91. The van der Waals surface area contributed by atoms with Gasteiger partial charge in [-0.1, -0.05) is 24.2 Å². The Labute approximate surface area is 197 Å². The van der Waals surface area contributed by atoms with E-state index in [-0.39, 0.29) is 29.4 Å². The first-order chi connectivity index (χ1) is 16.1. The van der Waals surface area contributed by atoms with E-state index in [4.69, 9.17) is 4.52 Å². The molecule has 34 heavy (non-hydrogen) atoms. The molecule has 1 aromatic carbocycles. The molecule has 2 unspecified atom stereocenters. The molecule has 7 nitrogen and oxygen atoms in total. The molecule has 2 aliphatic heterocycles. The number of benzene rings is 1. The van der Waals surface area contributed by atoms with Crippen LogP contribution in [0.3, 0.4) is 0 Å². The molecule has 1 aromatic heterocycles. The Morgan fingerprint density at radius 2 is 1.71 bits per heavy atom. The van der Waals surface area contributed by atoms with Gasteiger partial charge < -0.3 is 9.42 Å². The maximum absolute atomic E-state index is 13.0. The second kappa shape index (κ2) is 10.0. The lowest BCUT2D eigenvalue weighted by molar-refractivity contribution is -0.139. The molecule has 0 spiro atoms. The van der Waals surface area contributed by atoms with E-state index in [9.17, 15) is 18.0 Å². The Balaban J connectivity index is 1.34. The number of carbonyl (C=O) groups excluding carboxylic acids is 1. The van der Waals surface area contributed by atoms with Crippen LogP contribution < -0.4 is 0 Å². The highest BCUT2D eigenvalue weighted by Crippen LogP contribution is 2.32. The Bertz CT molecular complexity index is 979. The van der Waals surface area contributed by atoms with Crippen LogP contribution in [-0.4, -0.2) is 76.1 Å². The lowest BCUT2D eigenvalue weighted by atomic mass is 9.98. The molecule has 0 saturated carbocycles. The highest BCUT2D eigenvalue weighted by molar-refractivity contribution is 5.81. The average Bonchev–Trinajstić information content (AvgIpc) is 3.33. The second-order valence-electron chi connectivity index (χ2n) is 9.47. The number of halogens is 3. The molecule has 2 saturated heterocycles. The maximum Gasteiger partial charge on any atom is 0.416 e. The summed E-state index contributed by atoms with van der Waals surface area (Å²) in [7, 11) is 0. The number of hydrogen-bond acceptors (Lipinski definition) is 6. The normalized spacial score (nSPS) is 20.9. The largest absolute Gasteiger partial charge is 0.416 e. The fourth-order valence-corrected chi connectivity index (χ4v) is 4.67. The van der Waals surface area contributed by atoms with E-state index in [1.54, 1.807) is 0 Å². The number of rotatable bonds is 5. The highest BCUT2D eigenvalue weighted by Gasteiger charge is 2.33. The first kappa shape index (κ1) is 24.7. The van der Waals surface area contributed by atoms with Crippen LogP contribution in [0.25, 0.3) is 11.4 Å². The number of likely N-dealkylation sites (tertiary alicyclic amines) is 1. The fraction of sp³-hybridized carbons (Fsp3) is 0.625. The summed E-state index contributed by atoms with van der Waals surface area (Å²) < 4.78 is 44.5. The Kier molecular flexibility index (Phi) is 7.28. The summed E-state index contributed by atoms with van der Waals surface area (Å²) in [5.41, 5.74) is -0.482. The number of piperidine rings is 1. The molecule has 2 aromatic rings. The van der Waals surface area contributed by atoms with Gasteiger partial charge in [-0.2, -0.15) is 18.2 Å². The van der Waals surface area contributed by atoms with Crippen LogP contribution in [0.5, 0.6) is 0 Å². The molecule has 2 aliphatic rings. The molecule has 4 rings (SSSR count). The summed E-state index contributed by atoms with van der Waals surface area (Å²) in [6, 6.07) is 4.59. The molecule has 2 atom stereocenters. The third-order valence-corrected chi connectivity index (χ3v) is 7.14. The molecule has 1 amide bonds. The quantitative estimate of drug-likeness (QED) is 0.644. The smallest absolute Gasteiger partial charge is 0.341 e. The van der Waals surface area contributed by atoms with E-state index < -0.39 is 11.7 Å². The number of amides is 1. The fourth-order valence-electron chi connectivity index (χ4n) is 4.67. The summed E-state index contributed by atoms with van der Waals surface area (Å²) in [5.74, 6) is 1.40. The first-order valence-electron chi connectivity index (χ1n) is 11.9. The van der Waals surface area contributed by atoms with Gasteiger partial charge in [-0.05, 0) is 44.7 Å². The number of alkyl halides is 3. The van der Waals surface area contributed by atoms with Gasteiger partial charge in [0.25, 0.3) is 0 Å². The maximum atomic E-state index is 13.0. The van der Waals surface area contributed by atoms with Gasteiger partial charge in [0.15, 0.2) is 0 Å². The van der Waals surface area contributed by atoms with Crippen molar-refractivity contribution in [1.82, 2.24) is 24.8 Å². The van der Waals surface area contributed by atoms with Gasteiger partial charge in [0.1, 0.15) is 0 Å². The van der Waals surface area contributed by atoms with Crippen molar-refractivity contribution in [3.05, 3.63) is 35.7 Å². The van der Waals surface area contributed by atoms with Crippen molar-refractivity contribution < 1.29 is 22.5 Å². The van der Waals surface area contributed by atoms with E-state index >= 15 is 0 Å². The van der Waals surface area contributed by atoms with Gasteiger partial charge in [-0.25, -0.2) is 0 Å². The Morgan fingerprint density at radius 3 is 2.35 bits per heavy atom. The van der Waals surface area contributed by atoms with Crippen molar-refractivity contribution >= 4 is 5.91 Å². The molecule has 186 valence electrons. The zero-order valence-corrected chi connectivity index (χ0v) is 19.9. The summed E-state index contributed by atoms with van der Waals surface area (Å²) in [4.78, 5) is 23.7. The lowest BCUT2D eigenvalue weighted by Crippen LogP contribution is -2.55. The number of carbonyl (C=O) groups is 1. The molecule has 0 N–H and O–H groups in total. The minimum Gasteiger partial charge on any atom is -0.341 e. The summed E-state index contributed by atoms with van der Waals surface area (Å²) in [6.45, 7) is 10.8. The van der Waals surface area contributed by atoms with Gasteiger partial charge in [-0.3, -0.25) is 14.6 Å².